The molecule has 0 amide bonds. The molecule has 0 unspecified atom stereocenters. The van der Waals surface area contributed by atoms with Crippen molar-refractivity contribution >= 4 is 11.9 Å². The SMILES string of the molecule is COC(=O)CCCn1cnc(C(=O)O)c1. The van der Waals surface area contributed by atoms with Crippen molar-refractivity contribution in [3.05, 3.63) is 18.2 Å². The Hall–Kier alpha value is -1.85. The molecule has 1 heterocycles. The highest BCUT2D eigenvalue weighted by atomic mass is 16.5. The Bertz CT molecular complexity index is 359. The number of imidazole rings is 1. The number of ether oxygens (including phenoxy) is 1. The van der Waals surface area contributed by atoms with Crippen LogP contribution in [0.5, 0.6) is 0 Å². The highest BCUT2D eigenvalue weighted by Gasteiger charge is 2.06. The van der Waals surface area contributed by atoms with Crippen molar-refractivity contribution in [3.8, 4) is 0 Å². The van der Waals surface area contributed by atoms with Crippen LogP contribution < -0.4 is 0 Å². The third-order valence-electron chi connectivity index (χ3n) is 1.88. The van der Waals surface area contributed by atoms with Crippen molar-refractivity contribution in [3.63, 3.8) is 0 Å². The second-order valence-corrected chi connectivity index (χ2v) is 2.98. The first-order chi connectivity index (χ1) is 7.13. The summed E-state index contributed by atoms with van der Waals surface area (Å²) >= 11 is 0. The van der Waals surface area contributed by atoms with Gasteiger partial charge in [0.2, 0.25) is 0 Å². The Morgan fingerprint density at radius 2 is 2.33 bits per heavy atom. The summed E-state index contributed by atoms with van der Waals surface area (Å²) in [4.78, 5) is 24.9. The van der Waals surface area contributed by atoms with Crippen molar-refractivity contribution in [2.45, 2.75) is 19.4 Å². The average molecular weight is 212 g/mol. The van der Waals surface area contributed by atoms with E-state index in [2.05, 4.69) is 9.72 Å². The van der Waals surface area contributed by atoms with E-state index < -0.39 is 5.97 Å². The van der Waals surface area contributed by atoms with E-state index in [9.17, 15) is 9.59 Å². The highest BCUT2D eigenvalue weighted by molar-refractivity contribution is 5.84. The summed E-state index contributed by atoms with van der Waals surface area (Å²) in [5, 5.41) is 8.60. The molecule has 1 N–H and O–H groups in total. The van der Waals surface area contributed by atoms with Crippen LogP contribution in [0.3, 0.4) is 0 Å². The number of rotatable bonds is 5. The minimum Gasteiger partial charge on any atom is -0.476 e. The van der Waals surface area contributed by atoms with E-state index in [1.165, 1.54) is 19.6 Å². The molecule has 0 fully saturated rings. The number of esters is 1. The smallest absolute Gasteiger partial charge is 0.356 e. The lowest BCUT2D eigenvalue weighted by Gasteiger charge is -2.00. The van der Waals surface area contributed by atoms with Gasteiger partial charge in [-0.3, -0.25) is 4.79 Å². The molecule has 1 aromatic heterocycles. The molecule has 0 saturated heterocycles. The number of carboxylic acid groups (broad SMARTS) is 1. The number of nitrogens with zero attached hydrogens (tertiary/aromatic N) is 2. The van der Waals surface area contributed by atoms with E-state index >= 15 is 0 Å². The minimum absolute atomic E-state index is 0.00747. The van der Waals surface area contributed by atoms with Crippen LogP contribution in [0.15, 0.2) is 12.5 Å². The molecule has 1 rings (SSSR count). The second kappa shape index (κ2) is 5.14. The summed E-state index contributed by atoms with van der Waals surface area (Å²) in [5.41, 5.74) is 0.00747. The number of carboxylic acids is 1. The van der Waals surface area contributed by atoms with Gasteiger partial charge in [-0.2, -0.15) is 0 Å². The fourth-order valence-electron chi connectivity index (χ4n) is 1.10. The van der Waals surface area contributed by atoms with Gasteiger partial charge >= 0.3 is 11.9 Å². The number of aromatic nitrogens is 2. The van der Waals surface area contributed by atoms with Gasteiger partial charge in [-0.1, -0.05) is 0 Å². The maximum absolute atomic E-state index is 10.8. The summed E-state index contributed by atoms with van der Waals surface area (Å²) in [7, 11) is 1.34. The zero-order valence-electron chi connectivity index (χ0n) is 8.34. The number of aryl methyl sites for hydroxylation is 1. The number of carbonyl (C=O) groups is 2. The Morgan fingerprint density at radius 1 is 1.60 bits per heavy atom. The van der Waals surface area contributed by atoms with Crippen LogP contribution in [0.2, 0.25) is 0 Å². The van der Waals surface area contributed by atoms with Crippen LogP contribution in [0, 0.1) is 0 Å². The molecule has 0 spiro atoms. The normalized spacial score (nSPS) is 9.93. The third-order valence-corrected chi connectivity index (χ3v) is 1.88. The van der Waals surface area contributed by atoms with Gasteiger partial charge in [0.05, 0.1) is 13.4 Å². The lowest BCUT2D eigenvalue weighted by atomic mass is 10.3. The van der Waals surface area contributed by atoms with Gasteiger partial charge in [0.1, 0.15) is 0 Å². The third kappa shape index (κ3) is 3.41. The first-order valence-corrected chi connectivity index (χ1v) is 4.45. The molecule has 0 aromatic carbocycles. The summed E-state index contributed by atoms with van der Waals surface area (Å²) in [5.74, 6) is -1.32. The Morgan fingerprint density at radius 3 is 2.87 bits per heavy atom. The summed E-state index contributed by atoms with van der Waals surface area (Å²) in [6, 6.07) is 0. The molecule has 6 heteroatoms. The van der Waals surface area contributed by atoms with Crippen molar-refractivity contribution in [1.29, 1.82) is 0 Å². The molecule has 0 aliphatic heterocycles. The standard InChI is InChI=1S/C9H12N2O4/c1-15-8(12)3-2-4-11-5-7(9(13)14)10-6-11/h5-6H,2-4H2,1H3,(H,13,14). The van der Waals surface area contributed by atoms with Crippen LogP contribution in [-0.4, -0.2) is 33.7 Å². The van der Waals surface area contributed by atoms with Crippen LogP contribution in [0.25, 0.3) is 0 Å². The van der Waals surface area contributed by atoms with Gasteiger partial charge < -0.3 is 14.4 Å². The fraction of sp³-hybridized carbons (Fsp3) is 0.444. The summed E-state index contributed by atoms with van der Waals surface area (Å²) in [6.07, 6.45) is 3.78. The van der Waals surface area contributed by atoms with Crippen molar-refractivity contribution in [2.24, 2.45) is 0 Å². The summed E-state index contributed by atoms with van der Waals surface area (Å²) < 4.78 is 6.10. The molecular formula is C9H12N2O4. The molecule has 1 aromatic rings. The number of hydrogen-bond acceptors (Lipinski definition) is 4. The van der Waals surface area contributed by atoms with Gasteiger partial charge in [-0.25, -0.2) is 9.78 Å². The fourth-order valence-corrected chi connectivity index (χ4v) is 1.10. The first kappa shape index (κ1) is 11.2. The Balaban J connectivity index is 2.38. The molecule has 15 heavy (non-hydrogen) atoms. The molecule has 0 saturated carbocycles. The zero-order chi connectivity index (χ0) is 11.3. The van der Waals surface area contributed by atoms with Crippen LogP contribution >= 0.6 is 0 Å². The van der Waals surface area contributed by atoms with Gasteiger partial charge in [0.15, 0.2) is 5.69 Å². The minimum atomic E-state index is -1.05. The predicted molar refractivity (Wildman–Crippen MR) is 50.4 cm³/mol. The van der Waals surface area contributed by atoms with Gasteiger partial charge in [0.25, 0.3) is 0 Å². The monoisotopic (exact) mass is 212 g/mol. The molecule has 82 valence electrons. The van der Waals surface area contributed by atoms with Gasteiger partial charge in [-0.05, 0) is 6.42 Å². The molecule has 6 nitrogen and oxygen atoms in total. The van der Waals surface area contributed by atoms with Gasteiger partial charge in [-0.15, -0.1) is 0 Å². The van der Waals surface area contributed by atoms with Crippen molar-refractivity contribution in [2.75, 3.05) is 7.11 Å². The van der Waals surface area contributed by atoms with Crippen LogP contribution in [-0.2, 0) is 16.1 Å². The topological polar surface area (TPSA) is 81.4 Å². The second-order valence-electron chi connectivity index (χ2n) is 2.98. The van der Waals surface area contributed by atoms with E-state index in [4.69, 9.17) is 5.11 Å². The largest absolute Gasteiger partial charge is 0.476 e. The molecule has 0 radical (unpaired) electrons. The highest BCUT2D eigenvalue weighted by Crippen LogP contribution is 2.00. The van der Waals surface area contributed by atoms with Crippen molar-refractivity contribution < 1.29 is 19.4 Å². The molecule has 0 aliphatic carbocycles. The lowest BCUT2D eigenvalue weighted by molar-refractivity contribution is -0.140. The van der Waals surface area contributed by atoms with E-state index in [1.807, 2.05) is 0 Å². The van der Waals surface area contributed by atoms with Crippen LogP contribution in [0.4, 0.5) is 0 Å². The number of methoxy groups -OCH3 is 1. The Labute approximate surface area is 86.5 Å². The van der Waals surface area contributed by atoms with E-state index in [0.717, 1.165) is 0 Å². The lowest BCUT2D eigenvalue weighted by Crippen LogP contribution is -2.03. The van der Waals surface area contributed by atoms with Crippen molar-refractivity contribution in [1.82, 2.24) is 9.55 Å². The van der Waals surface area contributed by atoms with E-state index in [0.29, 0.717) is 19.4 Å². The molecule has 0 atom stereocenters. The maximum Gasteiger partial charge on any atom is 0.356 e. The molecule has 0 bridgehead atoms. The van der Waals surface area contributed by atoms with Gasteiger partial charge in [0, 0.05) is 19.2 Å². The predicted octanol–water partition coefficient (Wildman–Crippen LogP) is 0.534. The maximum atomic E-state index is 10.8. The number of aromatic carboxylic acids is 1. The Kier molecular flexibility index (Phi) is 3.84. The average Bonchev–Trinajstić information content (AvgIpc) is 2.66. The molecule has 0 aliphatic rings. The number of hydrogen-bond donors (Lipinski definition) is 1. The summed E-state index contributed by atoms with van der Waals surface area (Å²) in [6.45, 7) is 0.551. The van der Waals surface area contributed by atoms with E-state index in [-0.39, 0.29) is 11.7 Å². The quantitative estimate of drug-likeness (QED) is 0.720. The van der Waals surface area contributed by atoms with Crippen LogP contribution in [0.1, 0.15) is 23.3 Å². The first-order valence-electron chi connectivity index (χ1n) is 4.45. The number of carbonyl (C=O) groups excluding carboxylic acids is 1. The van der Waals surface area contributed by atoms with E-state index in [1.54, 1.807) is 4.57 Å². The zero-order valence-corrected chi connectivity index (χ0v) is 8.34. The molecular weight excluding hydrogens is 200 g/mol.